The van der Waals surface area contributed by atoms with Crippen molar-refractivity contribution in [2.45, 2.75) is 25.2 Å². The Kier molecular flexibility index (Phi) is 4.78. The summed E-state index contributed by atoms with van der Waals surface area (Å²) in [5.74, 6) is -1.26. The van der Waals surface area contributed by atoms with Gasteiger partial charge in [-0.05, 0) is 42.2 Å². The van der Waals surface area contributed by atoms with Gasteiger partial charge in [0.25, 0.3) is 0 Å². The Balaban J connectivity index is 2.51. The molecule has 1 unspecified atom stereocenters. The van der Waals surface area contributed by atoms with Crippen LogP contribution in [-0.2, 0) is 16.6 Å². The van der Waals surface area contributed by atoms with Crippen LogP contribution in [-0.4, -0.2) is 11.1 Å². The van der Waals surface area contributed by atoms with E-state index in [0.29, 0.717) is 12.0 Å². The van der Waals surface area contributed by atoms with E-state index < -0.39 is 11.4 Å². The molecule has 2 aromatic rings. The normalized spacial score (nSPS) is 13.7. The molecule has 0 saturated carbocycles. The molecule has 110 valence electrons. The van der Waals surface area contributed by atoms with Gasteiger partial charge in [-0.25, -0.2) is 4.39 Å². The first-order valence-electron chi connectivity index (χ1n) is 6.72. The quantitative estimate of drug-likeness (QED) is 0.857. The van der Waals surface area contributed by atoms with Crippen molar-refractivity contribution in [1.29, 1.82) is 0 Å². The minimum Gasteiger partial charge on any atom is -0.481 e. The summed E-state index contributed by atoms with van der Waals surface area (Å²) in [5, 5.41) is 9.79. The second-order valence-electron chi connectivity index (χ2n) is 5.02. The number of aliphatic carboxylic acids is 1. The first-order valence-corrected chi connectivity index (χ1v) is 7.52. The molecule has 0 fully saturated rings. The highest BCUT2D eigenvalue weighted by Crippen LogP contribution is 2.34. The van der Waals surface area contributed by atoms with Gasteiger partial charge in [-0.3, -0.25) is 4.79 Å². The summed E-state index contributed by atoms with van der Waals surface area (Å²) >= 11 is 3.37. The third-order valence-electron chi connectivity index (χ3n) is 3.84. The van der Waals surface area contributed by atoms with Gasteiger partial charge in [-0.1, -0.05) is 53.2 Å². The fraction of sp³-hybridized carbons (Fsp3) is 0.235. The molecule has 0 spiro atoms. The fourth-order valence-electron chi connectivity index (χ4n) is 2.54. The van der Waals surface area contributed by atoms with Crippen molar-refractivity contribution < 1.29 is 14.3 Å². The van der Waals surface area contributed by atoms with Crippen LogP contribution >= 0.6 is 15.9 Å². The van der Waals surface area contributed by atoms with E-state index >= 15 is 0 Å². The number of rotatable bonds is 5. The van der Waals surface area contributed by atoms with Gasteiger partial charge < -0.3 is 5.11 Å². The molecule has 1 N–H and O–H groups in total. The Morgan fingerprint density at radius 2 is 1.90 bits per heavy atom. The summed E-state index contributed by atoms with van der Waals surface area (Å²) in [5.41, 5.74) is 0.330. The average Bonchev–Trinajstić information content (AvgIpc) is 2.49. The predicted molar refractivity (Wildman–Crippen MR) is 83.9 cm³/mol. The van der Waals surface area contributed by atoms with Gasteiger partial charge in [-0.2, -0.15) is 0 Å². The highest BCUT2D eigenvalue weighted by atomic mass is 79.9. The number of benzene rings is 2. The molecule has 0 heterocycles. The second-order valence-corrected chi connectivity index (χ2v) is 5.87. The van der Waals surface area contributed by atoms with Crippen LogP contribution in [0.2, 0.25) is 0 Å². The van der Waals surface area contributed by atoms with E-state index in [9.17, 15) is 14.3 Å². The van der Waals surface area contributed by atoms with Gasteiger partial charge in [-0.15, -0.1) is 0 Å². The molecule has 21 heavy (non-hydrogen) atoms. The van der Waals surface area contributed by atoms with Crippen LogP contribution in [0.5, 0.6) is 0 Å². The van der Waals surface area contributed by atoms with Crippen molar-refractivity contribution in [3.8, 4) is 0 Å². The maximum Gasteiger partial charge on any atom is 0.314 e. The van der Waals surface area contributed by atoms with E-state index in [-0.39, 0.29) is 12.2 Å². The molecule has 2 nitrogen and oxygen atoms in total. The summed E-state index contributed by atoms with van der Waals surface area (Å²) in [6.45, 7) is 1.84. The molecule has 2 aromatic carbocycles. The first kappa shape index (κ1) is 15.7. The SMILES string of the molecule is CCC(Cc1cc(F)ccc1Br)(C(=O)O)c1ccccc1. The van der Waals surface area contributed by atoms with Gasteiger partial charge in [0.2, 0.25) is 0 Å². The van der Waals surface area contributed by atoms with E-state index in [4.69, 9.17) is 0 Å². The van der Waals surface area contributed by atoms with Gasteiger partial charge in [0.1, 0.15) is 5.82 Å². The summed E-state index contributed by atoms with van der Waals surface area (Å²) in [6.07, 6.45) is 0.663. The molecule has 2 rings (SSSR count). The van der Waals surface area contributed by atoms with E-state index in [1.165, 1.54) is 12.1 Å². The minimum atomic E-state index is -1.06. The summed E-state index contributed by atoms with van der Waals surface area (Å²) in [6, 6.07) is 13.5. The molecule has 0 aromatic heterocycles. The molecular formula is C17H16BrFO2. The van der Waals surface area contributed by atoms with Crippen LogP contribution < -0.4 is 0 Å². The Bertz CT molecular complexity index is 642. The highest BCUT2D eigenvalue weighted by Gasteiger charge is 2.39. The van der Waals surface area contributed by atoms with Crippen molar-refractivity contribution in [3.63, 3.8) is 0 Å². The number of hydrogen-bond acceptors (Lipinski definition) is 1. The monoisotopic (exact) mass is 350 g/mol. The first-order chi connectivity index (χ1) is 9.99. The Labute approximate surface area is 131 Å². The Morgan fingerprint density at radius 3 is 2.48 bits per heavy atom. The van der Waals surface area contributed by atoms with Gasteiger partial charge in [0, 0.05) is 4.47 Å². The van der Waals surface area contributed by atoms with E-state index in [2.05, 4.69) is 15.9 Å². The van der Waals surface area contributed by atoms with E-state index in [0.717, 1.165) is 10.0 Å². The van der Waals surface area contributed by atoms with Gasteiger partial charge >= 0.3 is 5.97 Å². The molecule has 0 aliphatic rings. The van der Waals surface area contributed by atoms with Crippen molar-refractivity contribution in [1.82, 2.24) is 0 Å². The van der Waals surface area contributed by atoms with Crippen molar-refractivity contribution >= 4 is 21.9 Å². The molecule has 0 amide bonds. The predicted octanol–water partition coefficient (Wildman–Crippen LogP) is 4.56. The molecule has 0 aliphatic carbocycles. The standard InChI is InChI=1S/C17H16BrFO2/c1-2-17(16(20)21,13-6-4-3-5-7-13)11-12-10-14(19)8-9-15(12)18/h3-10H,2,11H2,1H3,(H,20,21). The summed E-state index contributed by atoms with van der Waals surface area (Å²) < 4.78 is 14.2. The van der Waals surface area contributed by atoms with Crippen molar-refractivity contribution in [2.24, 2.45) is 0 Å². The van der Waals surface area contributed by atoms with Crippen molar-refractivity contribution in [3.05, 3.63) is 69.9 Å². The maximum absolute atomic E-state index is 13.5. The lowest BCUT2D eigenvalue weighted by Crippen LogP contribution is -2.37. The number of carbonyl (C=O) groups is 1. The van der Waals surface area contributed by atoms with Crippen LogP contribution in [0.3, 0.4) is 0 Å². The molecule has 4 heteroatoms. The Hall–Kier alpha value is -1.68. The molecule has 0 radical (unpaired) electrons. The third-order valence-corrected chi connectivity index (χ3v) is 4.61. The van der Waals surface area contributed by atoms with Gasteiger partial charge in [0.05, 0.1) is 5.41 Å². The van der Waals surface area contributed by atoms with Crippen molar-refractivity contribution in [2.75, 3.05) is 0 Å². The molecule has 1 atom stereocenters. The largest absolute Gasteiger partial charge is 0.481 e. The molecule has 0 bridgehead atoms. The molecule has 0 aliphatic heterocycles. The number of hydrogen-bond donors (Lipinski definition) is 1. The lowest BCUT2D eigenvalue weighted by molar-refractivity contribution is -0.144. The van der Waals surface area contributed by atoms with Crippen LogP contribution in [0.4, 0.5) is 4.39 Å². The van der Waals surface area contributed by atoms with Crippen LogP contribution in [0.25, 0.3) is 0 Å². The smallest absolute Gasteiger partial charge is 0.314 e. The molecule has 0 saturated heterocycles. The zero-order chi connectivity index (χ0) is 15.5. The van der Waals surface area contributed by atoms with E-state index in [1.807, 2.05) is 37.3 Å². The fourth-order valence-corrected chi connectivity index (χ4v) is 2.93. The lowest BCUT2D eigenvalue weighted by Gasteiger charge is -2.29. The Morgan fingerprint density at radius 1 is 1.24 bits per heavy atom. The zero-order valence-electron chi connectivity index (χ0n) is 11.6. The lowest BCUT2D eigenvalue weighted by atomic mass is 9.73. The van der Waals surface area contributed by atoms with Crippen LogP contribution in [0.15, 0.2) is 53.0 Å². The number of carboxylic acids is 1. The maximum atomic E-state index is 13.5. The van der Waals surface area contributed by atoms with Gasteiger partial charge in [0.15, 0.2) is 0 Å². The topological polar surface area (TPSA) is 37.3 Å². The average molecular weight is 351 g/mol. The minimum absolute atomic E-state index is 0.237. The zero-order valence-corrected chi connectivity index (χ0v) is 13.2. The van der Waals surface area contributed by atoms with Crippen LogP contribution in [0, 0.1) is 5.82 Å². The summed E-state index contributed by atoms with van der Waals surface area (Å²) in [7, 11) is 0. The van der Waals surface area contributed by atoms with E-state index in [1.54, 1.807) is 6.07 Å². The third kappa shape index (κ3) is 3.16. The molecular weight excluding hydrogens is 335 g/mol. The summed E-state index contributed by atoms with van der Waals surface area (Å²) in [4.78, 5) is 11.9. The second kappa shape index (κ2) is 6.39. The van der Waals surface area contributed by atoms with Crippen LogP contribution in [0.1, 0.15) is 24.5 Å². The number of carboxylic acid groups (broad SMARTS) is 1. The highest BCUT2D eigenvalue weighted by molar-refractivity contribution is 9.10. The number of halogens is 2.